The van der Waals surface area contributed by atoms with E-state index in [4.69, 9.17) is 15.0 Å². The Morgan fingerprint density at radius 3 is 1.51 bits per heavy atom. The lowest BCUT2D eigenvalue weighted by Crippen LogP contribution is -2.07. The average Bonchev–Trinajstić information content (AvgIpc) is 3.86. The van der Waals surface area contributed by atoms with Crippen LogP contribution in [0, 0.1) is 0 Å². The Morgan fingerprint density at radius 1 is 0.373 bits per heavy atom. The molecule has 7 aromatic carbocycles. The first-order valence-electron chi connectivity index (χ1n) is 17.0. The van der Waals surface area contributed by atoms with E-state index < -0.39 is 0 Å². The molecule has 5 nitrogen and oxygen atoms in total. The monoisotopic (exact) mass is 669 g/mol. The summed E-state index contributed by atoms with van der Waals surface area (Å²) in [5.41, 5.74) is 7.38. The van der Waals surface area contributed by atoms with Gasteiger partial charge in [-0.05, 0) is 30.3 Å². The molecule has 0 spiro atoms. The fourth-order valence-corrected chi connectivity index (χ4v) is 8.87. The van der Waals surface area contributed by atoms with Gasteiger partial charge in [-0.15, -0.1) is 11.3 Å². The highest BCUT2D eigenvalue weighted by Crippen LogP contribution is 2.43. The standard InChI is InChI=1S/C45H27N5S/c1-3-13-28(14-4-1)43-46-44(29-15-5-2-6-16-29)48-45(47-43)50-38-21-11-8-18-32(38)36-26-25-35-31-17-7-10-20-37(31)49(41(35)42(36)50)30-23-24-34-33-19-9-12-22-39(33)51-40(34)27-30/h1-27H. The van der Waals surface area contributed by atoms with Crippen molar-refractivity contribution in [2.24, 2.45) is 0 Å². The number of thiophene rings is 1. The molecule has 11 aromatic rings. The van der Waals surface area contributed by atoms with E-state index in [9.17, 15) is 0 Å². The van der Waals surface area contributed by atoms with Crippen molar-refractivity contribution in [3.8, 4) is 34.4 Å². The third-order valence-electron chi connectivity index (χ3n) is 9.98. The maximum absolute atomic E-state index is 5.23. The van der Waals surface area contributed by atoms with Gasteiger partial charge in [0.05, 0.1) is 22.1 Å². The van der Waals surface area contributed by atoms with Crippen molar-refractivity contribution in [3.63, 3.8) is 0 Å². The van der Waals surface area contributed by atoms with Crippen LogP contribution < -0.4 is 0 Å². The van der Waals surface area contributed by atoms with Crippen molar-refractivity contribution < 1.29 is 0 Å². The molecule has 0 radical (unpaired) electrons. The zero-order valence-electron chi connectivity index (χ0n) is 27.2. The SMILES string of the molecule is c1ccc(-c2nc(-c3ccccc3)nc(-n3c4ccccc4c4ccc5c6ccccc6n(-c6ccc7c(c6)sc6ccccc67)c5c43)n2)cc1. The minimum absolute atomic E-state index is 0.582. The highest BCUT2D eigenvalue weighted by molar-refractivity contribution is 7.25. The van der Waals surface area contributed by atoms with Crippen LogP contribution in [-0.2, 0) is 0 Å². The molecule has 0 amide bonds. The van der Waals surface area contributed by atoms with E-state index in [-0.39, 0.29) is 0 Å². The van der Waals surface area contributed by atoms with Crippen molar-refractivity contribution in [2.45, 2.75) is 0 Å². The van der Waals surface area contributed by atoms with E-state index in [1.165, 1.54) is 30.9 Å². The molecule has 0 aliphatic rings. The molecule has 0 N–H and O–H groups in total. The topological polar surface area (TPSA) is 48.5 Å². The molecule has 6 heteroatoms. The zero-order chi connectivity index (χ0) is 33.5. The Labute approximate surface area is 296 Å². The number of rotatable bonds is 4. The summed E-state index contributed by atoms with van der Waals surface area (Å²) in [4.78, 5) is 15.5. The Kier molecular flexibility index (Phi) is 6.05. The Bertz CT molecular complexity index is 3080. The number of para-hydroxylation sites is 2. The molecule has 11 rings (SSSR count). The first-order chi connectivity index (χ1) is 25.3. The van der Waals surface area contributed by atoms with Gasteiger partial charge in [-0.2, -0.15) is 9.97 Å². The Hall–Kier alpha value is -6.63. The van der Waals surface area contributed by atoms with E-state index in [2.05, 4.69) is 137 Å². The van der Waals surface area contributed by atoms with Gasteiger partial charge >= 0.3 is 0 Å². The predicted octanol–water partition coefficient (Wildman–Crippen LogP) is 11.8. The van der Waals surface area contributed by atoms with E-state index in [1.54, 1.807) is 0 Å². The fraction of sp³-hybridized carbons (Fsp3) is 0. The lowest BCUT2D eigenvalue weighted by atomic mass is 10.1. The van der Waals surface area contributed by atoms with Gasteiger partial charge in [0, 0.05) is 58.5 Å². The summed E-state index contributed by atoms with van der Waals surface area (Å²) in [6, 6.07) is 57.8. The molecule has 51 heavy (non-hydrogen) atoms. The maximum atomic E-state index is 5.23. The van der Waals surface area contributed by atoms with Gasteiger partial charge in [-0.25, -0.2) is 4.98 Å². The molecule has 238 valence electrons. The van der Waals surface area contributed by atoms with Gasteiger partial charge in [-0.3, -0.25) is 4.57 Å². The van der Waals surface area contributed by atoms with Crippen LogP contribution in [0.1, 0.15) is 0 Å². The van der Waals surface area contributed by atoms with Crippen molar-refractivity contribution >= 4 is 75.1 Å². The van der Waals surface area contributed by atoms with Gasteiger partial charge in [-0.1, -0.05) is 133 Å². The number of fused-ring (bicyclic) bond motifs is 10. The summed E-state index contributed by atoms with van der Waals surface area (Å²) in [6.45, 7) is 0. The van der Waals surface area contributed by atoms with Crippen LogP contribution in [0.2, 0.25) is 0 Å². The summed E-state index contributed by atoms with van der Waals surface area (Å²) < 4.78 is 7.25. The van der Waals surface area contributed by atoms with Crippen LogP contribution >= 0.6 is 11.3 Å². The van der Waals surface area contributed by atoms with Gasteiger partial charge in [0.25, 0.3) is 0 Å². The smallest absolute Gasteiger partial charge is 0.238 e. The molecule has 0 bridgehead atoms. The van der Waals surface area contributed by atoms with Crippen molar-refractivity contribution in [1.82, 2.24) is 24.1 Å². The summed E-state index contributed by atoms with van der Waals surface area (Å²) >= 11 is 1.84. The number of nitrogens with zero attached hydrogens (tertiary/aromatic N) is 5. The lowest BCUT2D eigenvalue weighted by molar-refractivity contribution is 0.953. The van der Waals surface area contributed by atoms with E-state index in [0.717, 1.165) is 49.7 Å². The van der Waals surface area contributed by atoms with Gasteiger partial charge in [0.2, 0.25) is 5.95 Å². The van der Waals surface area contributed by atoms with E-state index in [1.807, 2.05) is 47.7 Å². The van der Waals surface area contributed by atoms with Crippen LogP contribution in [0.25, 0.3) is 98.2 Å². The van der Waals surface area contributed by atoms with Crippen LogP contribution in [0.3, 0.4) is 0 Å². The van der Waals surface area contributed by atoms with E-state index in [0.29, 0.717) is 17.6 Å². The van der Waals surface area contributed by atoms with Crippen LogP contribution in [-0.4, -0.2) is 24.1 Å². The van der Waals surface area contributed by atoms with Crippen LogP contribution in [0.5, 0.6) is 0 Å². The summed E-state index contributed by atoms with van der Waals surface area (Å²) in [5, 5.41) is 7.26. The second-order valence-corrected chi connectivity index (χ2v) is 13.9. The molecule has 0 atom stereocenters. The average molecular weight is 670 g/mol. The first kappa shape index (κ1) is 28.2. The van der Waals surface area contributed by atoms with E-state index >= 15 is 0 Å². The van der Waals surface area contributed by atoms with Crippen molar-refractivity contribution in [2.75, 3.05) is 0 Å². The van der Waals surface area contributed by atoms with Crippen molar-refractivity contribution in [3.05, 3.63) is 164 Å². The molecule has 0 unspecified atom stereocenters. The number of hydrogen-bond acceptors (Lipinski definition) is 4. The minimum Gasteiger partial charge on any atom is -0.307 e. The molecule has 0 aliphatic heterocycles. The number of benzene rings is 7. The third kappa shape index (κ3) is 4.24. The molecule has 0 saturated carbocycles. The molecular weight excluding hydrogens is 643 g/mol. The first-order valence-corrected chi connectivity index (χ1v) is 17.9. The predicted molar refractivity (Wildman–Crippen MR) is 212 cm³/mol. The summed E-state index contributed by atoms with van der Waals surface area (Å²) in [7, 11) is 0. The second kappa shape index (κ2) is 10.9. The molecule has 4 aromatic heterocycles. The molecule has 0 fully saturated rings. The Morgan fingerprint density at radius 2 is 0.863 bits per heavy atom. The molecule has 4 heterocycles. The molecule has 0 saturated heterocycles. The summed E-state index contributed by atoms with van der Waals surface area (Å²) in [6.07, 6.45) is 0. The van der Waals surface area contributed by atoms with Crippen LogP contribution in [0.15, 0.2) is 164 Å². The molecule has 0 aliphatic carbocycles. The second-order valence-electron chi connectivity index (χ2n) is 12.9. The number of hydrogen-bond donors (Lipinski definition) is 0. The number of aromatic nitrogens is 5. The minimum atomic E-state index is 0.582. The zero-order valence-corrected chi connectivity index (χ0v) is 28.0. The third-order valence-corrected chi connectivity index (χ3v) is 11.1. The highest BCUT2D eigenvalue weighted by atomic mass is 32.1. The highest BCUT2D eigenvalue weighted by Gasteiger charge is 2.23. The van der Waals surface area contributed by atoms with Gasteiger partial charge in [0.1, 0.15) is 0 Å². The van der Waals surface area contributed by atoms with Crippen molar-refractivity contribution in [1.29, 1.82) is 0 Å². The van der Waals surface area contributed by atoms with Gasteiger partial charge in [0.15, 0.2) is 11.6 Å². The largest absolute Gasteiger partial charge is 0.307 e. The maximum Gasteiger partial charge on any atom is 0.238 e. The lowest BCUT2D eigenvalue weighted by Gasteiger charge is -2.13. The normalized spacial score (nSPS) is 11.9. The Balaban J connectivity index is 1.29. The molecular formula is C45H27N5S. The van der Waals surface area contributed by atoms with Gasteiger partial charge < -0.3 is 4.57 Å². The summed E-state index contributed by atoms with van der Waals surface area (Å²) in [5.74, 6) is 1.85. The quantitative estimate of drug-likeness (QED) is 0.187. The fourth-order valence-electron chi connectivity index (χ4n) is 7.73. The van der Waals surface area contributed by atoms with Crippen LogP contribution in [0.4, 0.5) is 0 Å².